The van der Waals surface area contributed by atoms with Gasteiger partial charge < -0.3 is 11.1 Å². The molecule has 1 aromatic heterocycles. The number of hydrogen-bond donors (Lipinski definition) is 2. The van der Waals surface area contributed by atoms with Gasteiger partial charge in [-0.3, -0.25) is 4.79 Å². The van der Waals surface area contributed by atoms with E-state index in [9.17, 15) is 4.79 Å². The van der Waals surface area contributed by atoms with Crippen LogP contribution in [0.5, 0.6) is 0 Å². The summed E-state index contributed by atoms with van der Waals surface area (Å²) in [7, 11) is 0. The molecule has 3 N–H and O–H groups in total. The molecular formula is C12H20N2OS. The summed E-state index contributed by atoms with van der Waals surface area (Å²) in [5, 5.41) is 2.81. The zero-order valence-corrected chi connectivity index (χ0v) is 11.2. The lowest BCUT2D eigenvalue weighted by atomic mass is 9.87. The number of amides is 1. The van der Waals surface area contributed by atoms with Gasteiger partial charge >= 0.3 is 0 Å². The second-order valence-electron chi connectivity index (χ2n) is 4.76. The molecule has 16 heavy (non-hydrogen) atoms. The smallest absolute Gasteiger partial charge is 0.261 e. The molecule has 1 amide bonds. The summed E-state index contributed by atoms with van der Waals surface area (Å²) in [4.78, 5) is 13.6. The molecule has 0 aromatic carbocycles. The van der Waals surface area contributed by atoms with E-state index in [2.05, 4.69) is 26.1 Å². The molecular weight excluding hydrogens is 220 g/mol. The Hall–Kier alpha value is -0.870. The highest BCUT2D eigenvalue weighted by Gasteiger charge is 2.22. The summed E-state index contributed by atoms with van der Waals surface area (Å²) in [6, 6.07) is 1.97. The molecule has 0 bridgehead atoms. The van der Waals surface area contributed by atoms with Gasteiger partial charge in [-0.2, -0.15) is 0 Å². The Morgan fingerprint density at radius 3 is 2.50 bits per heavy atom. The van der Waals surface area contributed by atoms with Gasteiger partial charge in [-0.25, -0.2) is 0 Å². The van der Waals surface area contributed by atoms with E-state index in [1.165, 1.54) is 16.9 Å². The van der Waals surface area contributed by atoms with Gasteiger partial charge in [0.05, 0.1) is 4.88 Å². The van der Waals surface area contributed by atoms with E-state index in [1.54, 1.807) is 0 Å². The molecule has 0 fully saturated rings. The van der Waals surface area contributed by atoms with E-state index >= 15 is 0 Å². The van der Waals surface area contributed by atoms with Crippen molar-refractivity contribution in [2.45, 2.75) is 39.7 Å². The molecule has 0 aliphatic rings. The number of nitrogens with one attached hydrogen (secondary N) is 1. The Balaban J connectivity index is 3.08. The van der Waals surface area contributed by atoms with E-state index < -0.39 is 0 Å². The molecule has 0 unspecified atom stereocenters. The van der Waals surface area contributed by atoms with Gasteiger partial charge in [0, 0.05) is 18.0 Å². The van der Waals surface area contributed by atoms with Gasteiger partial charge in [0.2, 0.25) is 0 Å². The largest absolute Gasteiger partial charge is 0.352 e. The molecule has 0 aliphatic carbocycles. The fourth-order valence-electron chi connectivity index (χ4n) is 1.57. The number of nitrogens with two attached hydrogens (primary N) is 1. The minimum atomic E-state index is -0.00213. The van der Waals surface area contributed by atoms with Crippen LogP contribution in [0.25, 0.3) is 0 Å². The zero-order chi connectivity index (χ0) is 12.3. The van der Waals surface area contributed by atoms with Gasteiger partial charge in [0.25, 0.3) is 5.91 Å². The van der Waals surface area contributed by atoms with Gasteiger partial charge in [0.1, 0.15) is 0 Å². The summed E-state index contributed by atoms with van der Waals surface area (Å²) < 4.78 is 0. The van der Waals surface area contributed by atoms with Crippen LogP contribution in [0.2, 0.25) is 0 Å². The summed E-state index contributed by atoms with van der Waals surface area (Å²) >= 11 is 1.50. The average Bonchev–Trinajstić information content (AvgIpc) is 2.61. The minimum Gasteiger partial charge on any atom is -0.352 e. The first kappa shape index (κ1) is 13.2. The van der Waals surface area contributed by atoms with Crippen molar-refractivity contribution in [1.82, 2.24) is 5.32 Å². The van der Waals surface area contributed by atoms with E-state index in [1.807, 2.05) is 13.0 Å². The van der Waals surface area contributed by atoms with E-state index in [4.69, 9.17) is 5.73 Å². The SMILES string of the molecule is CCNC(=O)c1cc(C(C)(C)C)c(CN)s1. The van der Waals surface area contributed by atoms with Crippen LogP contribution < -0.4 is 11.1 Å². The monoisotopic (exact) mass is 240 g/mol. The van der Waals surface area contributed by atoms with Crippen molar-refractivity contribution in [3.63, 3.8) is 0 Å². The van der Waals surface area contributed by atoms with Crippen molar-refractivity contribution in [2.75, 3.05) is 6.54 Å². The van der Waals surface area contributed by atoms with Crippen molar-refractivity contribution in [3.05, 3.63) is 21.4 Å². The number of carbonyl (C=O) groups is 1. The van der Waals surface area contributed by atoms with Gasteiger partial charge in [0.15, 0.2) is 0 Å². The standard InChI is InChI=1S/C12H20N2OS/c1-5-14-11(15)9-6-8(12(2,3)4)10(7-13)16-9/h6H,5,7,13H2,1-4H3,(H,14,15). The number of rotatable bonds is 3. The molecule has 0 saturated heterocycles. The van der Waals surface area contributed by atoms with Crippen molar-refractivity contribution in [3.8, 4) is 0 Å². The fraction of sp³-hybridized carbons (Fsp3) is 0.583. The normalized spacial score (nSPS) is 11.6. The molecule has 1 rings (SSSR count). The molecule has 4 heteroatoms. The third-order valence-electron chi connectivity index (χ3n) is 2.36. The molecule has 3 nitrogen and oxygen atoms in total. The highest BCUT2D eigenvalue weighted by Crippen LogP contribution is 2.32. The second-order valence-corrected chi connectivity index (χ2v) is 5.90. The molecule has 0 aliphatic heterocycles. The van der Waals surface area contributed by atoms with Crippen molar-refractivity contribution in [2.24, 2.45) is 5.73 Å². The summed E-state index contributed by atoms with van der Waals surface area (Å²) in [5.74, 6) is -0.00213. The van der Waals surface area contributed by atoms with Crippen LogP contribution in [0.15, 0.2) is 6.07 Å². The van der Waals surface area contributed by atoms with Crippen molar-refractivity contribution < 1.29 is 4.79 Å². The lowest BCUT2D eigenvalue weighted by molar-refractivity contribution is 0.0960. The lowest BCUT2D eigenvalue weighted by Gasteiger charge is -2.18. The van der Waals surface area contributed by atoms with Crippen molar-refractivity contribution in [1.29, 1.82) is 0 Å². The Bertz CT molecular complexity index is 377. The van der Waals surface area contributed by atoms with Crippen LogP contribution in [-0.4, -0.2) is 12.5 Å². The number of thiophene rings is 1. The van der Waals surface area contributed by atoms with Crippen LogP contribution in [-0.2, 0) is 12.0 Å². The molecule has 1 heterocycles. The first-order valence-corrected chi connectivity index (χ1v) is 6.33. The predicted octanol–water partition coefficient (Wildman–Crippen LogP) is 2.25. The number of hydrogen-bond acceptors (Lipinski definition) is 3. The fourth-order valence-corrected chi connectivity index (χ4v) is 2.74. The molecule has 0 spiro atoms. The summed E-state index contributed by atoms with van der Waals surface area (Å²) in [6.45, 7) is 9.47. The van der Waals surface area contributed by atoms with Crippen LogP contribution >= 0.6 is 11.3 Å². The number of carbonyl (C=O) groups excluding carboxylic acids is 1. The topological polar surface area (TPSA) is 55.1 Å². The molecule has 0 saturated carbocycles. The third-order valence-corrected chi connectivity index (χ3v) is 3.52. The highest BCUT2D eigenvalue weighted by atomic mass is 32.1. The maximum atomic E-state index is 11.7. The second kappa shape index (κ2) is 4.97. The van der Waals surface area contributed by atoms with Crippen LogP contribution in [0.1, 0.15) is 47.8 Å². The van der Waals surface area contributed by atoms with Crippen LogP contribution in [0.3, 0.4) is 0 Å². The Kier molecular flexibility index (Phi) is 4.10. The van der Waals surface area contributed by atoms with Gasteiger partial charge in [-0.1, -0.05) is 20.8 Å². The average molecular weight is 240 g/mol. The molecule has 0 radical (unpaired) electrons. The van der Waals surface area contributed by atoms with Gasteiger partial charge in [-0.15, -0.1) is 11.3 Å². The summed E-state index contributed by atoms with van der Waals surface area (Å²) in [5.41, 5.74) is 6.93. The highest BCUT2D eigenvalue weighted by molar-refractivity contribution is 7.14. The molecule has 1 aromatic rings. The van der Waals surface area contributed by atoms with Crippen LogP contribution in [0, 0.1) is 0 Å². The van der Waals surface area contributed by atoms with Gasteiger partial charge in [-0.05, 0) is 24.0 Å². The molecule has 90 valence electrons. The first-order valence-electron chi connectivity index (χ1n) is 5.51. The maximum absolute atomic E-state index is 11.7. The van der Waals surface area contributed by atoms with E-state index in [0.29, 0.717) is 13.1 Å². The molecule has 0 atom stereocenters. The van der Waals surface area contributed by atoms with E-state index in [0.717, 1.165) is 9.75 Å². The van der Waals surface area contributed by atoms with E-state index in [-0.39, 0.29) is 11.3 Å². The van der Waals surface area contributed by atoms with Crippen LogP contribution in [0.4, 0.5) is 0 Å². The third kappa shape index (κ3) is 2.83. The quantitative estimate of drug-likeness (QED) is 0.851. The first-order chi connectivity index (χ1) is 7.40. The maximum Gasteiger partial charge on any atom is 0.261 e. The zero-order valence-electron chi connectivity index (χ0n) is 10.4. The minimum absolute atomic E-state index is 0.00213. The Labute approximate surface area is 101 Å². The summed E-state index contributed by atoms with van der Waals surface area (Å²) in [6.07, 6.45) is 0. The lowest BCUT2D eigenvalue weighted by Crippen LogP contribution is -2.21. The van der Waals surface area contributed by atoms with Crippen molar-refractivity contribution >= 4 is 17.2 Å². The predicted molar refractivity (Wildman–Crippen MR) is 68.9 cm³/mol. The Morgan fingerprint density at radius 2 is 2.12 bits per heavy atom. The Morgan fingerprint density at radius 1 is 1.50 bits per heavy atom.